The average molecular weight is 462 g/mol. The van der Waals surface area contributed by atoms with E-state index in [2.05, 4.69) is 5.32 Å². The molecule has 1 fully saturated rings. The molecule has 2 heterocycles. The topological polar surface area (TPSA) is 72.8 Å². The largest absolute Gasteiger partial charge is 0.497 e. The molecule has 7 heteroatoms. The smallest absolute Gasteiger partial charge is 0.271 e. The Morgan fingerprint density at radius 3 is 2.59 bits per heavy atom. The second kappa shape index (κ2) is 8.70. The van der Waals surface area contributed by atoms with Crippen LogP contribution in [-0.2, 0) is 17.9 Å². The molecule has 1 saturated carbocycles. The summed E-state index contributed by atoms with van der Waals surface area (Å²) in [5.74, 6) is 1.13. The highest BCUT2D eigenvalue weighted by molar-refractivity contribution is 6.03. The first-order valence-corrected chi connectivity index (χ1v) is 11.9. The van der Waals surface area contributed by atoms with Crippen molar-refractivity contribution < 1.29 is 19.1 Å². The minimum absolute atomic E-state index is 0.113. The van der Waals surface area contributed by atoms with Crippen molar-refractivity contribution in [3.8, 4) is 11.5 Å². The minimum atomic E-state index is -1.07. The van der Waals surface area contributed by atoms with Crippen LogP contribution < -0.4 is 14.8 Å². The monoisotopic (exact) mass is 461 g/mol. The lowest BCUT2D eigenvalue weighted by atomic mass is 9.93. The van der Waals surface area contributed by atoms with Crippen molar-refractivity contribution in [3.05, 3.63) is 59.8 Å². The summed E-state index contributed by atoms with van der Waals surface area (Å²) in [6, 6.07) is 15.5. The highest BCUT2D eigenvalue weighted by Crippen LogP contribution is 2.36. The molecule has 178 valence electrons. The average Bonchev–Trinajstić information content (AvgIpc) is 3.49. The van der Waals surface area contributed by atoms with E-state index in [9.17, 15) is 9.59 Å². The molecule has 0 bridgehead atoms. The number of amides is 2. The van der Waals surface area contributed by atoms with Crippen LogP contribution in [0.4, 0.5) is 0 Å². The number of methoxy groups -OCH3 is 2. The van der Waals surface area contributed by atoms with E-state index in [0.29, 0.717) is 18.0 Å². The van der Waals surface area contributed by atoms with Crippen LogP contribution in [0.1, 0.15) is 48.7 Å². The fourth-order valence-electron chi connectivity index (χ4n) is 5.32. The zero-order chi connectivity index (χ0) is 23.9. The molecule has 2 aromatic carbocycles. The Kier molecular flexibility index (Phi) is 5.71. The molecule has 2 amide bonds. The number of hydrogen-bond acceptors (Lipinski definition) is 4. The van der Waals surface area contributed by atoms with Gasteiger partial charge < -0.3 is 24.3 Å². The van der Waals surface area contributed by atoms with Crippen molar-refractivity contribution >= 4 is 22.7 Å². The molecule has 3 aromatic rings. The van der Waals surface area contributed by atoms with Gasteiger partial charge in [0.05, 0.1) is 32.8 Å². The fraction of sp³-hybridized carbons (Fsp3) is 0.407. The van der Waals surface area contributed by atoms with Gasteiger partial charge in [-0.3, -0.25) is 9.59 Å². The third-order valence-electron chi connectivity index (χ3n) is 7.34. The van der Waals surface area contributed by atoms with E-state index in [1.165, 1.54) is 0 Å². The van der Waals surface area contributed by atoms with Crippen LogP contribution in [0.15, 0.2) is 48.5 Å². The van der Waals surface area contributed by atoms with E-state index in [1.807, 2.05) is 60.0 Å². The van der Waals surface area contributed by atoms with Gasteiger partial charge in [-0.25, -0.2) is 0 Å². The SMILES string of the molecule is COc1ccc2cc3n(c2c1)C[C@@](C)(C(=O)NC1CCCC1)N(Cc1ccccc1OC)C3=O. The molecule has 1 atom stereocenters. The second-order valence-corrected chi connectivity index (χ2v) is 9.47. The summed E-state index contributed by atoms with van der Waals surface area (Å²) in [6.45, 7) is 2.51. The third-order valence-corrected chi connectivity index (χ3v) is 7.34. The van der Waals surface area contributed by atoms with Crippen molar-refractivity contribution in [1.82, 2.24) is 14.8 Å². The number of benzene rings is 2. The normalized spacial score (nSPS) is 20.4. The first-order valence-electron chi connectivity index (χ1n) is 11.9. The Hall–Kier alpha value is -3.48. The molecule has 0 unspecified atom stereocenters. The molecule has 1 N–H and O–H groups in total. The Labute approximate surface area is 199 Å². The van der Waals surface area contributed by atoms with Gasteiger partial charge in [0.25, 0.3) is 5.91 Å². The van der Waals surface area contributed by atoms with Gasteiger partial charge in [-0.05, 0) is 44.0 Å². The predicted octanol–water partition coefficient (Wildman–Crippen LogP) is 4.13. The summed E-state index contributed by atoms with van der Waals surface area (Å²) >= 11 is 0. The van der Waals surface area contributed by atoms with Gasteiger partial charge in [-0.15, -0.1) is 0 Å². The van der Waals surface area contributed by atoms with Crippen molar-refractivity contribution in [2.75, 3.05) is 14.2 Å². The van der Waals surface area contributed by atoms with Crippen LogP contribution in [-0.4, -0.2) is 47.1 Å². The Morgan fingerprint density at radius 2 is 1.85 bits per heavy atom. The van der Waals surface area contributed by atoms with Crippen LogP contribution in [0.25, 0.3) is 10.9 Å². The number of hydrogen-bond donors (Lipinski definition) is 1. The van der Waals surface area contributed by atoms with E-state index < -0.39 is 5.54 Å². The number of aromatic nitrogens is 1. The zero-order valence-corrected chi connectivity index (χ0v) is 20.0. The van der Waals surface area contributed by atoms with E-state index >= 15 is 0 Å². The third kappa shape index (κ3) is 3.69. The number of carbonyl (C=O) groups is 2. The van der Waals surface area contributed by atoms with Crippen LogP contribution in [0, 0.1) is 0 Å². The molecule has 0 saturated heterocycles. The number of nitrogens with one attached hydrogen (secondary N) is 1. The number of ether oxygens (including phenoxy) is 2. The van der Waals surface area contributed by atoms with Crippen LogP contribution >= 0.6 is 0 Å². The Bertz CT molecular complexity index is 1240. The highest BCUT2D eigenvalue weighted by atomic mass is 16.5. The molecular weight excluding hydrogens is 430 g/mol. The van der Waals surface area contributed by atoms with Gasteiger partial charge in [0.1, 0.15) is 22.7 Å². The Morgan fingerprint density at radius 1 is 1.09 bits per heavy atom. The lowest BCUT2D eigenvalue weighted by molar-refractivity contribution is -0.133. The quantitative estimate of drug-likeness (QED) is 0.599. The van der Waals surface area contributed by atoms with Gasteiger partial charge in [0, 0.05) is 23.1 Å². The fourth-order valence-corrected chi connectivity index (χ4v) is 5.32. The maximum absolute atomic E-state index is 14.0. The second-order valence-electron chi connectivity index (χ2n) is 9.47. The molecule has 1 aliphatic heterocycles. The molecular formula is C27H31N3O4. The number of nitrogens with zero attached hydrogens (tertiary/aromatic N) is 2. The van der Waals surface area contributed by atoms with Crippen molar-refractivity contribution in [1.29, 1.82) is 0 Å². The molecule has 0 radical (unpaired) electrons. The Balaban J connectivity index is 1.60. The van der Waals surface area contributed by atoms with Gasteiger partial charge in [-0.1, -0.05) is 31.0 Å². The van der Waals surface area contributed by atoms with E-state index in [-0.39, 0.29) is 24.4 Å². The van der Waals surface area contributed by atoms with E-state index in [4.69, 9.17) is 9.47 Å². The molecule has 1 aromatic heterocycles. The number of carbonyl (C=O) groups excluding carboxylic acids is 2. The van der Waals surface area contributed by atoms with Crippen LogP contribution in [0.2, 0.25) is 0 Å². The highest BCUT2D eigenvalue weighted by Gasteiger charge is 2.48. The van der Waals surface area contributed by atoms with Crippen molar-refractivity contribution in [2.24, 2.45) is 0 Å². The summed E-state index contributed by atoms with van der Waals surface area (Å²) in [7, 11) is 3.24. The molecule has 0 spiro atoms. The number of para-hydroxylation sites is 1. The standard InChI is InChI=1S/C27H31N3O4/c1-27(26(32)28-20-9-5-6-10-20)17-29-22-15-21(33-2)13-12-18(22)14-23(29)25(31)30(27)16-19-8-4-7-11-24(19)34-3/h4,7-8,11-15,20H,5-6,9-10,16-17H2,1-3H3,(H,28,32)/t27-/m0/s1. The van der Waals surface area contributed by atoms with Gasteiger partial charge in [-0.2, -0.15) is 0 Å². The van der Waals surface area contributed by atoms with Crippen LogP contribution in [0.3, 0.4) is 0 Å². The van der Waals surface area contributed by atoms with Crippen molar-refractivity contribution in [3.63, 3.8) is 0 Å². The van der Waals surface area contributed by atoms with Crippen molar-refractivity contribution in [2.45, 2.75) is 57.3 Å². The van der Waals surface area contributed by atoms with Gasteiger partial charge >= 0.3 is 0 Å². The molecule has 7 nitrogen and oxygen atoms in total. The van der Waals surface area contributed by atoms with E-state index in [1.54, 1.807) is 19.1 Å². The zero-order valence-electron chi connectivity index (χ0n) is 20.0. The summed E-state index contributed by atoms with van der Waals surface area (Å²) < 4.78 is 12.9. The summed E-state index contributed by atoms with van der Waals surface area (Å²) in [6.07, 6.45) is 4.21. The number of rotatable bonds is 6. The summed E-state index contributed by atoms with van der Waals surface area (Å²) in [4.78, 5) is 29.5. The minimum Gasteiger partial charge on any atom is -0.497 e. The summed E-state index contributed by atoms with van der Waals surface area (Å²) in [5, 5.41) is 4.19. The maximum Gasteiger partial charge on any atom is 0.271 e. The van der Waals surface area contributed by atoms with Gasteiger partial charge in [0.15, 0.2) is 0 Å². The molecule has 34 heavy (non-hydrogen) atoms. The lowest BCUT2D eigenvalue weighted by Crippen LogP contribution is -2.64. The molecule has 5 rings (SSSR count). The summed E-state index contributed by atoms with van der Waals surface area (Å²) in [5.41, 5.74) is 1.26. The molecule has 2 aliphatic rings. The van der Waals surface area contributed by atoms with Crippen LogP contribution in [0.5, 0.6) is 11.5 Å². The predicted molar refractivity (Wildman–Crippen MR) is 130 cm³/mol. The van der Waals surface area contributed by atoms with E-state index in [0.717, 1.165) is 47.9 Å². The first kappa shape index (κ1) is 22.3. The molecule has 1 aliphatic carbocycles. The first-order chi connectivity index (χ1) is 16.4. The van der Waals surface area contributed by atoms with Gasteiger partial charge in [0.2, 0.25) is 5.91 Å². The maximum atomic E-state index is 14.0. The number of fused-ring (bicyclic) bond motifs is 3. The lowest BCUT2D eigenvalue weighted by Gasteiger charge is -2.44.